The van der Waals surface area contributed by atoms with E-state index in [9.17, 15) is 9.90 Å². The fourth-order valence-electron chi connectivity index (χ4n) is 2.77. The second-order valence-corrected chi connectivity index (χ2v) is 6.74. The first-order valence-corrected chi connectivity index (χ1v) is 8.99. The minimum absolute atomic E-state index is 0.0399. The molecule has 0 bridgehead atoms. The Morgan fingerprint density at radius 3 is 2.73 bits per heavy atom. The van der Waals surface area contributed by atoms with Gasteiger partial charge in [0.15, 0.2) is 0 Å². The van der Waals surface area contributed by atoms with Gasteiger partial charge < -0.3 is 9.84 Å². The Morgan fingerprint density at radius 2 is 1.88 bits per heavy atom. The number of benzene rings is 2. The number of thiazole rings is 1. The maximum Gasteiger partial charge on any atom is 0.310 e. The van der Waals surface area contributed by atoms with Gasteiger partial charge in [0.05, 0.1) is 17.1 Å². The summed E-state index contributed by atoms with van der Waals surface area (Å²) in [6, 6.07) is 17.1. The number of fused-ring (bicyclic) bond motifs is 1. The molecule has 4 rings (SSSR count). The van der Waals surface area contributed by atoms with Crippen molar-refractivity contribution in [2.24, 2.45) is 4.99 Å². The van der Waals surface area contributed by atoms with Crippen molar-refractivity contribution in [1.29, 1.82) is 0 Å². The highest BCUT2D eigenvalue weighted by molar-refractivity contribution is 7.10. The van der Waals surface area contributed by atoms with Gasteiger partial charge in [0.2, 0.25) is 5.88 Å². The Hall–Kier alpha value is -3.12. The fraction of sp³-hybridized carbons (Fsp3) is 0.100. The van der Waals surface area contributed by atoms with E-state index < -0.39 is 0 Å². The van der Waals surface area contributed by atoms with Crippen LogP contribution in [0.5, 0.6) is 11.6 Å². The number of allylic oxidation sites excluding steroid dienone is 1. The lowest BCUT2D eigenvalue weighted by atomic mass is 10.1. The van der Waals surface area contributed by atoms with Gasteiger partial charge in [-0.3, -0.25) is 14.4 Å². The van der Waals surface area contributed by atoms with Gasteiger partial charge in [-0.25, -0.2) is 0 Å². The van der Waals surface area contributed by atoms with Crippen LogP contribution in [0.2, 0.25) is 0 Å². The normalized spacial score (nSPS) is 13.9. The lowest BCUT2D eigenvalue weighted by molar-refractivity contribution is 0.286. The Morgan fingerprint density at radius 1 is 1.12 bits per heavy atom. The summed E-state index contributed by atoms with van der Waals surface area (Å²) >= 11 is 1.01. The van der Waals surface area contributed by atoms with Gasteiger partial charge in [-0.2, -0.15) is 0 Å². The molecule has 0 spiro atoms. The van der Waals surface area contributed by atoms with Crippen LogP contribution in [0.3, 0.4) is 0 Å². The highest BCUT2D eigenvalue weighted by atomic mass is 32.1. The maximum absolute atomic E-state index is 12.2. The van der Waals surface area contributed by atoms with E-state index in [2.05, 4.69) is 4.99 Å². The summed E-state index contributed by atoms with van der Waals surface area (Å²) in [6.45, 7) is 0.582. The largest absolute Gasteiger partial charge is 0.493 e. The van der Waals surface area contributed by atoms with Gasteiger partial charge in [-0.05, 0) is 24.3 Å². The molecule has 130 valence electrons. The minimum atomic E-state index is -0.214. The van der Waals surface area contributed by atoms with Gasteiger partial charge >= 0.3 is 4.87 Å². The first-order valence-electron chi connectivity index (χ1n) is 8.18. The van der Waals surface area contributed by atoms with Crippen LogP contribution in [0.4, 0.5) is 5.69 Å². The smallest absolute Gasteiger partial charge is 0.310 e. The third-order valence-electron chi connectivity index (χ3n) is 4.06. The van der Waals surface area contributed by atoms with Crippen molar-refractivity contribution in [2.75, 3.05) is 6.61 Å². The van der Waals surface area contributed by atoms with E-state index in [1.807, 2.05) is 54.6 Å². The quantitative estimate of drug-likeness (QED) is 0.745. The molecular formula is C20H16N2O3S. The molecule has 3 aromatic rings. The molecule has 26 heavy (non-hydrogen) atoms. The summed E-state index contributed by atoms with van der Waals surface area (Å²) < 4.78 is 6.94. The van der Waals surface area contributed by atoms with Gasteiger partial charge in [-0.15, -0.1) is 0 Å². The summed E-state index contributed by atoms with van der Waals surface area (Å²) in [5, 5.41) is 10.4. The predicted octanol–water partition coefficient (Wildman–Crippen LogP) is 3.95. The average molecular weight is 364 g/mol. The van der Waals surface area contributed by atoms with Crippen LogP contribution in [-0.2, 0) is 6.54 Å². The second-order valence-electron chi connectivity index (χ2n) is 5.74. The van der Waals surface area contributed by atoms with E-state index in [1.165, 1.54) is 4.57 Å². The lowest BCUT2D eigenvalue weighted by Crippen LogP contribution is -2.17. The molecule has 0 saturated heterocycles. The van der Waals surface area contributed by atoms with E-state index in [-0.39, 0.29) is 17.3 Å². The molecule has 1 aliphatic heterocycles. The summed E-state index contributed by atoms with van der Waals surface area (Å²) in [7, 11) is 0. The zero-order valence-corrected chi connectivity index (χ0v) is 14.6. The molecule has 1 N–H and O–H groups in total. The van der Waals surface area contributed by atoms with Gasteiger partial charge in [0.1, 0.15) is 12.4 Å². The van der Waals surface area contributed by atoms with Gasteiger partial charge in [0, 0.05) is 17.4 Å². The first kappa shape index (κ1) is 16.4. The van der Waals surface area contributed by atoms with Crippen molar-refractivity contribution < 1.29 is 9.84 Å². The molecule has 0 amide bonds. The molecule has 0 aliphatic carbocycles. The number of rotatable bonds is 5. The van der Waals surface area contributed by atoms with E-state index in [0.717, 1.165) is 33.9 Å². The minimum Gasteiger partial charge on any atom is -0.493 e. The van der Waals surface area contributed by atoms with Crippen LogP contribution < -0.4 is 9.61 Å². The molecule has 1 aliphatic rings. The van der Waals surface area contributed by atoms with E-state index in [0.29, 0.717) is 11.5 Å². The van der Waals surface area contributed by atoms with Crippen LogP contribution in [0.1, 0.15) is 10.4 Å². The SMILES string of the molecule is O=c1sc(/C=C2/C=Nc3ccccc32)c(O)n1CCOc1ccccc1. The number of aromatic nitrogens is 1. The lowest BCUT2D eigenvalue weighted by Gasteiger charge is -2.07. The summed E-state index contributed by atoms with van der Waals surface area (Å²) in [5.74, 6) is 0.693. The van der Waals surface area contributed by atoms with E-state index in [1.54, 1.807) is 12.3 Å². The molecule has 0 radical (unpaired) electrons. The summed E-state index contributed by atoms with van der Waals surface area (Å²) in [4.78, 5) is 16.9. The molecule has 0 saturated carbocycles. The van der Waals surface area contributed by atoms with Crippen molar-refractivity contribution in [3.63, 3.8) is 0 Å². The Balaban J connectivity index is 1.53. The van der Waals surface area contributed by atoms with Crippen molar-refractivity contribution in [2.45, 2.75) is 6.54 Å². The third kappa shape index (κ3) is 3.19. The third-order valence-corrected chi connectivity index (χ3v) is 4.98. The topological polar surface area (TPSA) is 63.8 Å². The molecule has 1 aromatic heterocycles. The van der Waals surface area contributed by atoms with Crippen molar-refractivity contribution >= 4 is 34.9 Å². The maximum atomic E-state index is 12.2. The zero-order chi connectivity index (χ0) is 17.9. The van der Waals surface area contributed by atoms with E-state index >= 15 is 0 Å². The fourth-order valence-corrected chi connectivity index (χ4v) is 3.64. The van der Waals surface area contributed by atoms with Crippen LogP contribution in [0.15, 0.2) is 64.4 Å². The zero-order valence-electron chi connectivity index (χ0n) is 13.8. The molecule has 6 heteroatoms. The second kappa shape index (κ2) is 7.01. The van der Waals surface area contributed by atoms with Crippen LogP contribution in [0.25, 0.3) is 11.6 Å². The monoisotopic (exact) mass is 364 g/mol. The Bertz CT molecular complexity index is 1050. The highest BCUT2D eigenvalue weighted by Gasteiger charge is 2.16. The number of nitrogens with zero attached hydrogens (tertiary/aromatic N) is 2. The number of ether oxygens (including phenoxy) is 1. The predicted molar refractivity (Wildman–Crippen MR) is 105 cm³/mol. The molecule has 5 nitrogen and oxygen atoms in total. The number of para-hydroxylation sites is 2. The van der Waals surface area contributed by atoms with Crippen molar-refractivity contribution in [3.05, 3.63) is 74.7 Å². The Kier molecular flexibility index (Phi) is 4.41. The standard InChI is InChI=1S/C20H16N2O3S/c23-19-18(12-14-13-21-17-9-5-4-8-16(14)17)26-20(24)22(19)10-11-25-15-6-2-1-3-7-15/h1-9,12-13,23H,10-11H2/b14-12-. The Labute approximate surface area is 154 Å². The van der Waals surface area contributed by atoms with Gasteiger partial charge in [-0.1, -0.05) is 47.7 Å². The highest BCUT2D eigenvalue weighted by Crippen LogP contribution is 2.34. The first-order chi connectivity index (χ1) is 12.7. The molecule has 2 aromatic carbocycles. The van der Waals surface area contributed by atoms with Crippen LogP contribution in [-0.4, -0.2) is 22.5 Å². The number of aliphatic imine (C=N–C) groups is 1. The molecule has 0 atom stereocenters. The molecular weight excluding hydrogens is 348 g/mol. The van der Waals surface area contributed by atoms with Crippen molar-refractivity contribution in [1.82, 2.24) is 4.57 Å². The van der Waals surface area contributed by atoms with Crippen LogP contribution in [0, 0.1) is 0 Å². The summed E-state index contributed by atoms with van der Waals surface area (Å²) in [5.41, 5.74) is 2.76. The van der Waals surface area contributed by atoms with E-state index in [4.69, 9.17) is 4.74 Å². The van der Waals surface area contributed by atoms with Crippen molar-refractivity contribution in [3.8, 4) is 11.6 Å². The van der Waals surface area contributed by atoms with Crippen LogP contribution >= 0.6 is 11.3 Å². The molecule has 0 fully saturated rings. The summed E-state index contributed by atoms with van der Waals surface area (Å²) in [6.07, 6.45) is 3.54. The molecule has 2 heterocycles. The van der Waals surface area contributed by atoms with Gasteiger partial charge in [0.25, 0.3) is 0 Å². The molecule has 0 unspecified atom stereocenters. The number of hydrogen-bond acceptors (Lipinski definition) is 5. The number of aromatic hydroxyl groups is 1. The number of hydrogen-bond donors (Lipinski definition) is 1. The average Bonchev–Trinajstić information content (AvgIpc) is 3.19.